The third kappa shape index (κ3) is 6.23. The summed E-state index contributed by atoms with van der Waals surface area (Å²) < 4.78 is 34.4. The highest BCUT2D eigenvalue weighted by Gasteiger charge is 2.23. The number of rotatable bonds is 6. The molecule has 1 unspecified atom stereocenters. The summed E-state index contributed by atoms with van der Waals surface area (Å²) in [5.41, 5.74) is 2.22. The quantitative estimate of drug-likeness (QED) is 0.496. The van der Waals surface area contributed by atoms with Crippen LogP contribution in [-0.4, -0.2) is 56.6 Å². The number of hydrogen-bond acceptors (Lipinski definition) is 6. The third-order valence-corrected chi connectivity index (χ3v) is 6.16. The molecule has 166 valence electrons. The number of ketones is 1. The molecule has 0 aliphatic carbocycles. The molecule has 1 fully saturated rings. The number of primary sulfonamides is 1. The summed E-state index contributed by atoms with van der Waals surface area (Å²) in [5, 5.41) is 8.73. The van der Waals surface area contributed by atoms with Crippen LogP contribution in [0.2, 0.25) is 0 Å². The Morgan fingerprint density at radius 3 is 2.61 bits per heavy atom. The van der Waals surface area contributed by atoms with Gasteiger partial charge in [0, 0.05) is 24.3 Å². The molecule has 8 nitrogen and oxygen atoms in total. The number of nitrogens with zero attached hydrogens (tertiary/aromatic N) is 1. The maximum absolute atomic E-state index is 11.6. The van der Waals surface area contributed by atoms with Crippen molar-refractivity contribution in [2.45, 2.75) is 24.8 Å². The van der Waals surface area contributed by atoms with Gasteiger partial charge in [0.2, 0.25) is 10.0 Å². The van der Waals surface area contributed by atoms with Crippen LogP contribution in [0.15, 0.2) is 47.4 Å². The van der Waals surface area contributed by atoms with E-state index in [1.807, 2.05) is 17.9 Å². The zero-order valence-corrected chi connectivity index (χ0v) is 19.0. The smallest absolute Gasteiger partial charge is 0.238 e. The molecule has 0 spiro atoms. The van der Waals surface area contributed by atoms with Gasteiger partial charge in [-0.15, -0.1) is 0 Å². The maximum atomic E-state index is 11.6. The number of sulfonamides is 1. The molecular formula is C21H25N3O5S2. The molecule has 1 aliphatic rings. The van der Waals surface area contributed by atoms with Crippen molar-refractivity contribution in [3.05, 3.63) is 53.6 Å². The standard InChI is InChI=1S/C21H25N3O5S2/c1-14-11-17(5-8-20(14)15(2)25)29-13-18-12-24(9-10-28-18)21(30)23-16-3-6-19(7-4-16)31(22,26)27/h3-8,11,18H,9-10,12-13H2,1-2H3,(H,23,30)(H2,22,26,27). The van der Waals surface area contributed by atoms with E-state index in [1.54, 1.807) is 31.2 Å². The van der Waals surface area contributed by atoms with Crippen LogP contribution >= 0.6 is 12.2 Å². The number of ether oxygens (including phenoxy) is 2. The van der Waals surface area contributed by atoms with E-state index in [4.69, 9.17) is 26.8 Å². The molecule has 0 aromatic heterocycles. The number of Topliss-reactive ketones (excluding diaryl/α,β-unsaturated/α-hetero) is 1. The summed E-state index contributed by atoms with van der Waals surface area (Å²) in [6.45, 7) is 5.44. The van der Waals surface area contributed by atoms with E-state index in [9.17, 15) is 13.2 Å². The molecule has 31 heavy (non-hydrogen) atoms. The van der Waals surface area contributed by atoms with Crippen LogP contribution in [0.25, 0.3) is 0 Å². The van der Waals surface area contributed by atoms with Gasteiger partial charge in [-0.2, -0.15) is 0 Å². The Morgan fingerprint density at radius 2 is 2.00 bits per heavy atom. The van der Waals surface area contributed by atoms with E-state index in [1.165, 1.54) is 12.1 Å². The molecule has 3 rings (SSSR count). The normalized spacial score (nSPS) is 16.6. The Balaban J connectivity index is 1.54. The van der Waals surface area contributed by atoms with Gasteiger partial charge in [-0.3, -0.25) is 4.79 Å². The average molecular weight is 464 g/mol. The van der Waals surface area contributed by atoms with Gasteiger partial charge >= 0.3 is 0 Å². The number of thiocarbonyl (C=S) groups is 1. The predicted molar refractivity (Wildman–Crippen MR) is 122 cm³/mol. The minimum atomic E-state index is -3.73. The lowest BCUT2D eigenvalue weighted by Gasteiger charge is -2.34. The van der Waals surface area contributed by atoms with E-state index < -0.39 is 10.0 Å². The largest absolute Gasteiger partial charge is 0.491 e. The zero-order chi connectivity index (χ0) is 22.6. The van der Waals surface area contributed by atoms with Crippen molar-refractivity contribution in [2.24, 2.45) is 5.14 Å². The van der Waals surface area contributed by atoms with E-state index in [0.717, 1.165) is 5.56 Å². The topological polar surface area (TPSA) is 111 Å². The number of carbonyl (C=O) groups is 1. The fourth-order valence-corrected chi connectivity index (χ4v) is 4.04. The fourth-order valence-electron chi connectivity index (χ4n) is 3.25. The molecular weight excluding hydrogens is 438 g/mol. The van der Waals surface area contributed by atoms with Crippen LogP contribution in [0, 0.1) is 6.92 Å². The number of nitrogens with one attached hydrogen (secondary N) is 1. The summed E-state index contributed by atoms with van der Waals surface area (Å²) in [4.78, 5) is 13.6. The summed E-state index contributed by atoms with van der Waals surface area (Å²) in [7, 11) is -3.73. The predicted octanol–water partition coefficient (Wildman–Crippen LogP) is 2.32. The molecule has 2 aromatic rings. The molecule has 1 heterocycles. The molecule has 1 atom stereocenters. The van der Waals surface area contributed by atoms with Gasteiger partial charge in [-0.25, -0.2) is 13.6 Å². The second-order valence-corrected chi connectivity index (χ2v) is 9.23. The molecule has 3 N–H and O–H groups in total. The van der Waals surface area contributed by atoms with Crippen LogP contribution in [0.5, 0.6) is 5.75 Å². The highest BCUT2D eigenvalue weighted by atomic mass is 32.2. The number of benzene rings is 2. The van der Waals surface area contributed by atoms with E-state index in [2.05, 4.69) is 5.32 Å². The lowest BCUT2D eigenvalue weighted by Crippen LogP contribution is -2.49. The second-order valence-electron chi connectivity index (χ2n) is 7.28. The SMILES string of the molecule is CC(=O)c1ccc(OCC2CN(C(=S)Nc3ccc(S(N)(=O)=O)cc3)CCO2)cc1C. The van der Waals surface area contributed by atoms with Crippen molar-refractivity contribution in [1.29, 1.82) is 0 Å². The van der Waals surface area contributed by atoms with Crippen molar-refractivity contribution < 1.29 is 22.7 Å². The lowest BCUT2D eigenvalue weighted by atomic mass is 10.1. The molecule has 0 radical (unpaired) electrons. The van der Waals surface area contributed by atoms with Crippen molar-refractivity contribution in [3.63, 3.8) is 0 Å². The highest BCUT2D eigenvalue weighted by Crippen LogP contribution is 2.19. The second kappa shape index (κ2) is 9.73. The van der Waals surface area contributed by atoms with Crippen LogP contribution in [0.1, 0.15) is 22.8 Å². The number of hydrogen-bond donors (Lipinski definition) is 2. The van der Waals surface area contributed by atoms with Crippen molar-refractivity contribution in [1.82, 2.24) is 4.90 Å². The van der Waals surface area contributed by atoms with Gasteiger partial charge in [-0.05, 0) is 74.1 Å². The Hall–Kier alpha value is -2.53. The molecule has 0 saturated carbocycles. The molecule has 0 bridgehead atoms. The number of aryl methyl sites for hydroxylation is 1. The Labute approximate surface area is 187 Å². The lowest BCUT2D eigenvalue weighted by molar-refractivity contribution is -0.0280. The van der Waals surface area contributed by atoms with Gasteiger partial charge < -0.3 is 19.7 Å². The Kier molecular flexibility index (Phi) is 7.26. The maximum Gasteiger partial charge on any atom is 0.238 e. The number of anilines is 1. The Bertz CT molecular complexity index is 1070. The fraction of sp³-hybridized carbons (Fsp3) is 0.333. The summed E-state index contributed by atoms with van der Waals surface area (Å²) >= 11 is 5.49. The summed E-state index contributed by atoms with van der Waals surface area (Å²) in [5.74, 6) is 0.703. The van der Waals surface area contributed by atoms with E-state index in [-0.39, 0.29) is 16.8 Å². The average Bonchev–Trinajstić information content (AvgIpc) is 2.72. The third-order valence-electron chi connectivity index (χ3n) is 4.87. The van der Waals surface area contributed by atoms with E-state index >= 15 is 0 Å². The summed E-state index contributed by atoms with van der Waals surface area (Å²) in [6.07, 6.45) is -0.175. The molecule has 2 aromatic carbocycles. The molecule has 10 heteroatoms. The number of nitrogens with two attached hydrogens (primary N) is 1. The van der Waals surface area contributed by atoms with Gasteiger partial charge in [0.05, 0.1) is 11.5 Å². The van der Waals surface area contributed by atoms with Gasteiger partial charge in [0.25, 0.3) is 0 Å². The van der Waals surface area contributed by atoms with Crippen LogP contribution < -0.4 is 15.2 Å². The first kappa shape index (κ1) is 23.1. The van der Waals surface area contributed by atoms with Crippen molar-refractivity contribution in [3.8, 4) is 5.75 Å². The molecule has 0 amide bonds. The molecule has 1 aliphatic heterocycles. The number of carbonyl (C=O) groups excluding carboxylic acids is 1. The summed E-state index contributed by atoms with van der Waals surface area (Å²) in [6, 6.07) is 11.5. The first-order chi connectivity index (χ1) is 14.6. The zero-order valence-electron chi connectivity index (χ0n) is 17.3. The van der Waals surface area contributed by atoms with Gasteiger partial charge in [0.1, 0.15) is 18.5 Å². The van der Waals surface area contributed by atoms with Crippen LogP contribution in [0.4, 0.5) is 5.69 Å². The van der Waals surface area contributed by atoms with Crippen molar-refractivity contribution in [2.75, 3.05) is 31.6 Å². The minimum absolute atomic E-state index is 0.0237. The number of morpholine rings is 1. The van der Waals surface area contributed by atoms with Crippen molar-refractivity contribution >= 4 is 38.8 Å². The van der Waals surface area contributed by atoms with Crippen LogP contribution in [0.3, 0.4) is 0 Å². The monoisotopic (exact) mass is 463 g/mol. The van der Waals surface area contributed by atoms with Crippen LogP contribution in [-0.2, 0) is 14.8 Å². The minimum Gasteiger partial charge on any atom is -0.491 e. The molecule has 1 saturated heterocycles. The highest BCUT2D eigenvalue weighted by molar-refractivity contribution is 7.89. The van der Waals surface area contributed by atoms with Gasteiger partial charge in [-0.1, -0.05) is 0 Å². The van der Waals surface area contributed by atoms with E-state index in [0.29, 0.717) is 48.4 Å². The first-order valence-electron chi connectivity index (χ1n) is 9.68. The Morgan fingerprint density at radius 1 is 1.29 bits per heavy atom. The first-order valence-corrected chi connectivity index (χ1v) is 11.6. The van der Waals surface area contributed by atoms with Gasteiger partial charge in [0.15, 0.2) is 10.9 Å².